The van der Waals surface area contributed by atoms with Crippen LogP contribution in [0, 0.1) is 5.41 Å². The third-order valence-corrected chi connectivity index (χ3v) is 4.05. The van der Waals surface area contributed by atoms with Crippen molar-refractivity contribution in [3.05, 3.63) is 29.3 Å². The Kier molecular flexibility index (Phi) is 3.12. The summed E-state index contributed by atoms with van der Waals surface area (Å²) >= 11 is 0. The number of ether oxygens (including phenoxy) is 1. The molecular formula is C15H17NO4. The second-order valence-corrected chi connectivity index (χ2v) is 5.58. The predicted octanol–water partition coefficient (Wildman–Crippen LogP) is 1.14. The first kappa shape index (κ1) is 13.0. The minimum absolute atomic E-state index is 0.128. The molecule has 0 unspecified atom stereocenters. The summed E-state index contributed by atoms with van der Waals surface area (Å²) in [6, 6.07) is 5.77. The van der Waals surface area contributed by atoms with Gasteiger partial charge in [-0.2, -0.15) is 0 Å². The number of carbonyl (C=O) groups excluding carboxylic acids is 1. The molecule has 0 aromatic heterocycles. The van der Waals surface area contributed by atoms with Gasteiger partial charge in [0.15, 0.2) is 0 Å². The van der Waals surface area contributed by atoms with Crippen LogP contribution in [-0.4, -0.2) is 30.1 Å². The maximum absolute atomic E-state index is 11.9. The molecule has 3 rings (SSSR count). The van der Waals surface area contributed by atoms with E-state index in [1.165, 1.54) is 0 Å². The lowest BCUT2D eigenvalue weighted by Gasteiger charge is -2.11. The number of carboxylic acids is 1. The molecule has 106 valence electrons. The quantitative estimate of drug-likeness (QED) is 0.845. The number of rotatable bonds is 5. The first-order valence-corrected chi connectivity index (χ1v) is 6.84. The molecule has 0 saturated heterocycles. The highest BCUT2D eigenvalue weighted by molar-refractivity contribution is 5.82. The van der Waals surface area contributed by atoms with Crippen molar-refractivity contribution in [2.24, 2.45) is 5.41 Å². The molecule has 0 radical (unpaired) electrons. The lowest BCUT2D eigenvalue weighted by molar-refractivity contribution is -0.143. The van der Waals surface area contributed by atoms with E-state index in [0.717, 1.165) is 23.3 Å². The van der Waals surface area contributed by atoms with E-state index in [-0.39, 0.29) is 18.9 Å². The average molecular weight is 275 g/mol. The number of carbonyl (C=O) groups is 2. The van der Waals surface area contributed by atoms with Crippen LogP contribution in [0.4, 0.5) is 0 Å². The third-order valence-electron chi connectivity index (χ3n) is 4.05. The SMILES string of the molecule is O=C(Cc1ccc2c(c1)CCO2)NCC1(C(=O)O)CC1. The standard InChI is InChI=1S/C15H17NO4/c17-13(16-9-15(4-5-15)14(18)19)8-10-1-2-12-11(7-10)3-6-20-12/h1-2,7H,3-6,8-9H2,(H,16,17)(H,18,19). The Morgan fingerprint density at radius 1 is 1.35 bits per heavy atom. The van der Waals surface area contributed by atoms with E-state index >= 15 is 0 Å². The number of fused-ring (bicyclic) bond motifs is 1. The van der Waals surface area contributed by atoms with Gasteiger partial charge in [0.1, 0.15) is 5.75 Å². The summed E-state index contributed by atoms with van der Waals surface area (Å²) in [7, 11) is 0. The van der Waals surface area contributed by atoms with E-state index in [2.05, 4.69) is 5.32 Å². The van der Waals surface area contributed by atoms with Crippen LogP contribution in [-0.2, 0) is 22.4 Å². The van der Waals surface area contributed by atoms with Crippen LogP contribution in [0.2, 0.25) is 0 Å². The van der Waals surface area contributed by atoms with Gasteiger partial charge >= 0.3 is 5.97 Å². The highest BCUT2D eigenvalue weighted by Gasteiger charge is 2.50. The molecular weight excluding hydrogens is 258 g/mol. The molecule has 20 heavy (non-hydrogen) atoms. The van der Waals surface area contributed by atoms with Gasteiger partial charge in [0.25, 0.3) is 0 Å². The summed E-state index contributed by atoms with van der Waals surface area (Å²) in [6.07, 6.45) is 2.47. The van der Waals surface area contributed by atoms with E-state index < -0.39 is 11.4 Å². The smallest absolute Gasteiger partial charge is 0.311 e. The van der Waals surface area contributed by atoms with Gasteiger partial charge in [0.05, 0.1) is 18.4 Å². The molecule has 2 aliphatic rings. The second kappa shape index (κ2) is 4.81. The average Bonchev–Trinajstić information content (AvgIpc) is 3.08. The molecule has 1 aromatic carbocycles. The van der Waals surface area contributed by atoms with E-state index in [4.69, 9.17) is 9.84 Å². The Bertz CT molecular complexity index is 563. The molecule has 2 N–H and O–H groups in total. The summed E-state index contributed by atoms with van der Waals surface area (Å²) in [5.74, 6) is -0.0409. The summed E-state index contributed by atoms with van der Waals surface area (Å²) in [6.45, 7) is 0.932. The van der Waals surface area contributed by atoms with Gasteiger partial charge in [-0.1, -0.05) is 12.1 Å². The van der Waals surface area contributed by atoms with Crippen molar-refractivity contribution < 1.29 is 19.4 Å². The molecule has 1 amide bonds. The molecule has 1 aromatic rings. The zero-order valence-electron chi connectivity index (χ0n) is 11.1. The highest BCUT2D eigenvalue weighted by atomic mass is 16.5. The zero-order chi connectivity index (χ0) is 14.2. The Hall–Kier alpha value is -2.04. The van der Waals surface area contributed by atoms with Crippen LogP contribution in [0.3, 0.4) is 0 Å². The van der Waals surface area contributed by atoms with Gasteiger partial charge in [0, 0.05) is 13.0 Å². The largest absolute Gasteiger partial charge is 0.493 e. The second-order valence-electron chi connectivity index (χ2n) is 5.58. The topological polar surface area (TPSA) is 75.6 Å². The van der Waals surface area contributed by atoms with Crippen LogP contribution in [0.5, 0.6) is 5.75 Å². The maximum Gasteiger partial charge on any atom is 0.311 e. The van der Waals surface area contributed by atoms with Crippen LogP contribution in [0.15, 0.2) is 18.2 Å². The molecule has 0 atom stereocenters. The van der Waals surface area contributed by atoms with Gasteiger partial charge in [0.2, 0.25) is 5.91 Å². The van der Waals surface area contributed by atoms with Crippen molar-refractivity contribution in [3.8, 4) is 5.75 Å². The van der Waals surface area contributed by atoms with Crippen LogP contribution >= 0.6 is 0 Å². The van der Waals surface area contributed by atoms with Crippen molar-refractivity contribution in [2.45, 2.75) is 25.7 Å². The highest BCUT2D eigenvalue weighted by Crippen LogP contribution is 2.45. The summed E-state index contributed by atoms with van der Waals surface area (Å²) in [5, 5.41) is 11.8. The Balaban J connectivity index is 1.55. The third kappa shape index (κ3) is 2.48. The van der Waals surface area contributed by atoms with E-state index in [1.807, 2.05) is 18.2 Å². The number of hydrogen-bond donors (Lipinski definition) is 2. The Labute approximate surface area is 116 Å². The molecule has 1 aliphatic carbocycles. The van der Waals surface area contributed by atoms with Gasteiger partial charge in [-0.3, -0.25) is 9.59 Å². The normalized spacial score (nSPS) is 18.0. The minimum atomic E-state index is -0.813. The molecule has 5 heteroatoms. The molecule has 1 aliphatic heterocycles. The lowest BCUT2D eigenvalue weighted by atomic mass is 10.1. The molecule has 5 nitrogen and oxygen atoms in total. The molecule has 0 spiro atoms. The van der Waals surface area contributed by atoms with E-state index in [9.17, 15) is 9.59 Å². The van der Waals surface area contributed by atoms with Gasteiger partial charge < -0.3 is 15.2 Å². The van der Waals surface area contributed by atoms with Gasteiger partial charge in [-0.05, 0) is 30.0 Å². The summed E-state index contributed by atoms with van der Waals surface area (Å²) in [4.78, 5) is 22.9. The van der Waals surface area contributed by atoms with Crippen molar-refractivity contribution >= 4 is 11.9 Å². The Morgan fingerprint density at radius 3 is 2.85 bits per heavy atom. The van der Waals surface area contributed by atoms with E-state index in [0.29, 0.717) is 19.4 Å². The van der Waals surface area contributed by atoms with Crippen molar-refractivity contribution in [1.82, 2.24) is 5.32 Å². The van der Waals surface area contributed by atoms with Crippen molar-refractivity contribution in [2.75, 3.05) is 13.2 Å². The monoisotopic (exact) mass is 275 g/mol. The first-order valence-electron chi connectivity index (χ1n) is 6.84. The molecule has 0 bridgehead atoms. The molecule has 1 fully saturated rings. The van der Waals surface area contributed by atoms with Gasteiger partial charge in [-0.15, -0.1) is 0 Å². The number of benzene rings is 1. The number of aliphatic carboxylic acids is 1. The summed E-state index contributed by atoms with van der Waals surface area (Å²) in [5.41, 5.74) is 1.37. The van der Waals surface area contributed by atoms with Crippen LogP contribution in [0.25, 0.3) is 0 Å². The molecule has 1 heterocycles. The molecule has 1 saturated carbocycles. The number of carboxylic acid groups (broad SMARTS) is 1. The zero-order valence-corrected chi connectivity index (χ0v) is 11.1. The Morgan fingerprint density at radius 2 is 2.15 bits per heavy atom. The summed E-state index contributed by atoms with van der Waals surface area (Å²) < 4.78 is 5.42. The van der Waals surface area contributed by atoms with Crippen molar-refractivity contribution in [1.29, 1.82) is 0 Å². The predicted molar refractivity (Wildman–Crippen MR) is 71.7 cm³/mol. The van der Waals surface area contributed by atoms with Gasteiger partial charge in [-0.25, -0.2) is 0 Å². The minimum Gasteiger partial charge on any atom is -0.493 e. The maximum atomic E-state index is 11.9. The van der Waals surface area contributed by atoms with Crippen LogP contribution in [0.1, 0.15) is 24.0 Å². The number of amides is 1. The fraction of sp³-hybridized carbons (Fsp3) is 0.467. The van der Waals surface area contributed by atoms with Crippen LogP contribution < -0.4 is 10.1 Å². The lowest BCUT2D eigenvalue weighted by Crippen LogP contribution is -2.35. The first-order chi connectivity index (χ1) is 9.59. The van der Waals surface area contributed by atoms with Crippen molar-refractivity contribution in [3.63, 3.8) is 0 Å². The number of hydrogen-bond acceptors (Lipinski definition) is 3. The number of nitrogens with one attached hydrogen (secondary N) is 1. The fourth-order valence-corrected chi connectivity index (χ4v) is 2.48. The fourth-order valence-electron chi connectivity index (χ4n) is 2.48. The van der Waals surface area contributed by atoms with E-state index in [1.54, 1.807) is 0 Å².